The summed E-state index contributed by atoms with van der Waals surface area (Å²) in [6.45, 7) is -0.0553. The van der Waals surface area contributed by atoms with Crippen molar-refractivity contribution in [3.05, 3.63) is 58.6 Å². The molecule has 184 valence electrons. The maximum Gasteiger partial charge on any atom is 0.409 e. The van der Waals surface area contributed by atoms with Gasteiger partial charge in [0.2, 0.25) is 0 Å². The van der Waals surface area contributed by atoms with E-state index < -0.39 is 24.2 Å². The molecule has 2 aromatic carbocycles. The molecule has 9 heteroatoms. The summed E-state index contributed by atoms with van der Waals surface area (Å²) in [5, 5.41) is 3.29. The monoisotopic (exact) mass is 498 g/mol. The summed E-state index contributed by atoms with van der Waals surface area (Å²) >= 11 is 5.95. The van der Waals surface area contributed by atoms with Crippen LogP contribution in [0.5, 0.6) is 11.5 Å². The summed E-state index contributed by atoms with van der Waals surface area (Å²) in [6, 6.07) is 11.6. The van der Waals surface area contributed by atoms with Gasteiger partial charge in [-0.1, -0.05) is 41.6 Å². The third kappa shape index (κ3) is 8.15. The zero-order valence-corrected chi connectivity index (χ0v) is 20.5. The summed E-state index contributed by atoms with van der Waals surface area (Å²) < 4.78 is 22.0. The Labute approximate surface area is 210 Å². The molecule has 2 unspecified atom stereocenters. The molecule has 0 aromatic heterocycles. The molecule has 1 N–H and O–H groups in total. The molecule has 2 rings (SSSR count). The Morgan fingerprint density at radius 2 is 1.69 bits per heavy atom. The molecule has 0 radical (unpaired) electrons. The van der Waals surface area contributed by atoms with E-state index in [1.807, 2.05) is 0 Å². The number of nitrogens with one attached hydrogen (secondary N) is 1. The SMILES string of the molecule is C#CCOc1ccc(C(CNC(=O)C(OCC#C)c2ccc(Cl)cc2)OC(=O)N(C)C)cc1OC. The van der Waals surface area contributed by atoms with Gasteiger partial charge in [-0.05, 0) is 35.4 Å². The second kappa shape index (κ2) is 13.8. The smallest absolute Gasteiger partial charge is 0.409 e. The molecule has 2 amide bonds. The van der Waals surface area contributed by atoms with Crippen LogP contribution < -0.4 is 14.8 Å². The number of ether oxygens (including phenoxy) is 4. The molecule has 2 aromatic rings. The predicted molar refractivity (Wildman–Crippen MR) is 132 cm³/mol. The van der Waals surface area contributed by atoms with Crippen LogP contribution in [0.25, 0.3) is 0 Å². The van der Waals surface area contributed by atoms with Crippen LogP contribution in [0.3, 0.4) is 0 Å². The lowest BCUT2D eigenvalue weighted by molar-refractivity contribution is -0.132. The number of carbonyl (C=O) groups is 2. The van der Waals surface area contributed by atoms with Crippen molar-refractivity contribution in [1.29, 1.82) is 0 Å². The summed E-state index contributed by atoms with van der Waals surface area (Å²) in [4.78, 5) is 26.6. The number of hydrogen-bond donors (Lipinski definition) is 1. The van der Waals surface area contributed by atoms with E-state index in [9.17, 15) is 9.59 Å². The van der Waals surface area contributed by atoms with E-state index in [2.05, 4.69) is 17.2 Å². The molecule has 0 heterocycles. The predicted octanol–water partition coefficient (Wildman–Crippen LogP) is 3.61. The van der Waals surface area contributed by atoms with Gasteiger partial charge in [0.05, 0.1) is 13.7 Å². The van der Waals surface area contributed by atoms with Crippen molar-refractivity contribution in [2.24, 2.45) is 0 Å². The van der Waals surface area contributed by atoms with Gasteiger partial charge < -0.3 is 29.2 Å². The lowest BCUT2D eigenvalue weighted by Gasteiger charge is -2.23. The van der Waals surface area contributed by atoms with Crippen molar-refractivity contribution in [3.63, 3.8) is 0 Å². The normalized spacial score (nSPS) is 11.8. The zero-order chi connectivity index (χ0) is 25.8. The highest BCUT2D eigenvalue weighted by atomic mass is 35.5. The summed E-state index contributed by atoms with van der Waals surface area (Å²) in [5.41, 5.74) is 1.14. The number of amides is 2. The van der Waals surface area contributed by atoms with E-state index in [0.29, 0.717) is 27.6 Å². The molecule has 0 fully saturated rings. The standard InChI is InChI=1S/C26H27ClN2O6/c1-6-14-33-21-13-10-19(16-22(21)32-5)23(35-26(31)29(3)4)17-28-25(30)24(34-15-7-2)18-8-11-20(27)12-9-18/h1-2,8-13,16,23-24H,14-15,17H2,3-5H3,(H,28,30). The maximum atomic E-state index is 13.0. The molecule has 8 nitrogen and oxygen atoms in total. The van der Waals surface area contributed by atoms with Crippen molar-refractivity contribution in [2.45, 2.75) is 12.2 Å². The van der Waals surface area contributed by atoms with E-state index in [-0.39, 0.29) is 19.8 Å². The van der Waals surface area contributed by atoms with Gasteiger partial charge in [-0.25, -0.2) is 4.79 Å². The summed E-state index contributed by atoms with van der Waals surface area (Å²) in [5.74, 6) is 5.10. The Morgan fingerprint density at radius 3 is 2.29 bits per heavy atom. The Bertz CT molecular complexity index is 1090. The third-order valence-corrected chi connectivity index (χ3v) is 4.94. The average molecular weight is 499 g/mol. The minimum absolute atomic E-state index is 0.0460. The average Bonchev–Trinajstić information content (AvgIpc) is 2.86. The molecular formula is C26H27ClN2O6. The van der Waals surface area contributed by atoms with Gasteiger partial charge in [-0.15, -0.1) is 12.8 Å². The van der Waals surface area contributed by atoms with Gasteiger partial charge in [-0.2, -0.15) is 0 Å². The van der Waals surface area contributed by atoms with E-state index in [1.54, 1.807) is 56.6 Å². The fourth-order valence-corrected chi connectivity index (χ4v) is 3.08. The Kier molecular flexibility index (Phi) is 10.8. The Morgan fingerprint density at radius 1 is 1.03 bits per heavy atom. The van der Waals surface area contributed by atoms with Crippen molar-refractivity contribution in [1.82, 2.24) is 10.2 Å². The first-order valence-corrected chi connectivity index (χ1v) is 10.9. The molecule has 35 heavy (non-hydrogen) atoms. The lowest BCUT2D eigenvalue weighted by Crippen LogP contribution is -2.36. The van der Waals surface area contributed by atoms with Crippen molar-refractivity contribution in [2.75, 3.05) is 41.0 Å². The van der Waals surface area contributed by atoms with Crippen LogP contribution in [-0.2, 0) is 14.3 Å². The van der Waals surface area contributed by atoms with Gasteiger partial charge in [0.1, 0.15) is 19.3 Å². The van der Waals surface area contributed by atoms with Crippen LogP contribution in [-0.4, -0.2) is 57.9 Å². The van der Waals surface area contributed by atoms with Gasteiger partial charge >= 0.3 is 6.09 Å². The highest BCUT2D eigenvalue weighted by molar-refractivity contribution is 6.30. The number of methoxy groups -OCH3 is 1. The van der Waals surface area contributed by atoms with Gasteiger partial charge in [0.25, 0.3) is 5.91 Å². The second-order valence-corrected chi connectivity index (χ2v) is 7.80. The highest BCUT2D eigenvalue weighted by Crippen LogP contribution is 2.31. The summed E-state index contributed by atoms with van der Waals surface area (Å²) in [6.07, 6.45) is 8.15. The Hall–Kier alpha value is -3.85. The van der Waals surface area contributed by atoms with Crippen molar-refractivity contribution < 1.29 is 28.5 Å². The van der Waals surface area contributed by atoms with Crippen LogP contribution in [0.2, 0.25) is 5.02 Å². The largest absolute Gasteiger partial charge is 0.493 e. The van der Waals surface area contributed by atoms with Crippen LogP contribution in [0, 0.1) is 24.7 Å². The fraction of sp³-hybridized carbons (Fsp3) is 0.308. The van der Waals surface area contributed by atoms with Crippen LogP contribution in [0.15, 0.2) is 42.5 Å². The number of terminal acetylenes is 2. The molecule has 0 bridgehead atoms. The second-order valence-electron chi connectivity index (χ2n) is 7.36. The van der Waals surface area contributed by atoms with E-state index in [0.717, 1.165) is 0 Å². The number of hydrogen-bond acceptors (Lipinski definition) is 6. The topological polar surface area (TPSA) is 86.3 Å². The van der Waals surface area contributed by atoms with Crippen LogP contribution in [0.4, 0.5) is 4.79 Å². The first-order valence-electron chi connectivity index (χ1n) is 10.5. The first kappa shape index (κ1) is 27.4. The molecule has 0 aliphatic carbocycles. The zero-order valence-electron chi connectivity index (χ0n) is 19.7. The van der Waals surface area contributed by atoms with Gasteiger partial charge in [0, 0.05) is 19.1 Å². The van der Waals surface area contributed by atoms with E-state index in [4.69, 9.17) is 43.4 Å². The van der Waals surface area contributed by atoms with Crippen LogP contribution in [0.1, 0.15) is 23.3 Å². The third-order valence-electron chi connectivity index (χ3n) is 4.68. The minimum Gasteiger partial charge on any atom is -0.493 e. The lowest BCUT2D eigenvalue weighted by atomic mass is 10.1. The fourth-order valence-electron chi connectivity index (χ4n) is 2.96. The van der Waals surface area contributed by atoms with Crippen LogP contribution >= 0.6 is 11.6 Å². The highest BCUT2D eigenvalue weighted by Gasteiger charge is 2.25. The van der Waals surface area contributed by atoms with Crippen molar-refractivity contribution >= 4 is 23.6 Å². The van der Waals surface area contributed by atoms with E-state index in [1.165, 1.54) is 12.0 Å². The molecule has 0 aliphatic rings. The molecule has 0 spiro atoms. The van der Waals surface area contributed by atoms with Crippen molar-refractivity contribution in [3.8, 4) is 36.2 Å². The molecule has 0 saturated carbocycles. The number of nitrogens with zero attached hydrogens (tertiary/aromatic N) is 1. The molecule has 0 saturated heterocycles. The molecule has 0 aliphatic heterocycles. The number of rotatable bonds is 11. The summed E-state index contributed by atoms with van der Waals surface area (Å²) in [7, 11) is 4.59. The number of carbonyl (C=O) groups excluding carboxylic acids is 2. The molecular weight excluding hydrogens is 472 g/mol. The number of benzene rings is 2. The minimum atomic E-state index is -0.984. The Balaban J connectivity index is 2.27. The maximum absolute atomic E-state index is 13.0. The number of halogens is 1. The van der Waals surface area contributed by atoms with Gasteiger partial charge in [-0.3, -0.25) is 4.79 Å². The molecule has 2 atom stereocenters. The van der Waals surface area contributed by atoms with E-state index >= 15 is 0 Å². The van der Waals surface area contributed by atoms with Gasteiger partial charge in [0.15, 0.2) is 17.6 Å². The quantitative estimate of drug-likeness (QED) is 0.476. The first-order chi connectivity index (χ1) is 16.8.